The Kier molecular flexibility index (Phi) is 5.26. The maximum Gasteiger partial charge on any atom is 0.254 e. The van der Waals surface area contributed by atoms with Gasteiger partial charge in [0.05, 0.1) is 5.56 Å². The molecule has 0 atom stereocenters. The summed E-state index contributed by atoms with van der Waals surface area (Å²) < 4.78 is 13.5. The fourth-order valence-corrected chi connectivity index (χ4v) is 1.38. The molecule has 0 heterocycles. The lowest BCUT2D eigenvalue weighted by Crippen LogP contribution is -2.31. The molecule has 6 heteroatoms. The van der Waals surface area contributed by atoms with Crippen LogP contribution in [-0.4, -0.2) is 32.0 Å². The van der Waals surface area contributed by atoms with Crippen LogP contribution in [0.25, 0.3) is 0 Å². The summed E-state index contributed by atoms with van der Waals surface area (Å²) in [6.07, 6.45) is 0. The van der Waals surface area contributed by atoms with Crippen molar-refractivity contribution in [1.29, 1.82) is 0 Å². The first kappa shape index (κ1) is 14.1. The van der Waals surface area contributed by atoms with Crippen LogP contribution < -0.4 is 16.0 Å². The van der Waals surface area contributed by atoms with Crippen molar-refractivity contribution in [3.63, 3.8) is 0 Å². The van der Waals surface area contributed by atoms with E-state index in [0.717, 1.165) is 6.07 Å². The molecule has 0 aliphatic carbocycles. The van der Waals surface area contributed by atoms with Crippen LogP contribution in [0.4, 0.5) is 10.1 Å². The van der Waals surface area contributed by atoms with Gasteiger partial charge in [-0.2, -0.15) is 0 Å². The van der Waals surface area contributed by atoms with Crippen molar-refractivity contribution in [2.75, 3.05) is 25.5 Å². The maximum absolute atomic E-state index is 13.5. The number of rotatable bonds is 5. The van der Waals surface area contributed by atoms with Gasteiger partial charge in [-0.1, -0.05) is 0 Å². The predicted octanol–water partition coefficient (Wildman–Crippen LogP) is 0.733. The molecule has 5 nitrogen and oxygen atoms in total. The third-order valence-corrected chi connectivity index (χ3v) is 2.19. The molecule has 0 saturated heterocycles. The summed E-state index contributed by atoms with van der Waals surface area (Å²) >= 11 is 0. The number of halogens is 1. The molecule has 0 aliphatic heterocycles. The molecule has 0 spiro atoms. The van der Waals surface area contributed by atoms with Crippen molar-refractivity contribution in [3.8, 4) is 0 Å². The van der Waals surface area contributed by atoms with Crippen LogP contribution in [0.3, 0.4) is 0 Å². The maximum atomic E-state index is 13.5. The van der Waals surface area contributed by atoms with E-state index in [1.165, 1.54) is 19.1 Å². The summed E-state index contributed by atoms with van der Waals surface area (Å²) in [5.41, 5.74) is 0.306. The second kappa shape index (κ2) is 6.70. The van der Waals surface area contributed by atoms with Gasteiger partial charge < -0.3 is 16.0 Å². The van der Waals surface area contributed by atoms with Crippen molar-refractivity contribution in [1.82, 2.24) is 10.6 Å². The molecular formula is C12H16FN3O2. The standard InChI is InChI=1S/C12H16FN3O2/c1-8(17)16-9-3-4-11(13)10(7-9)12(18)15-6-5-14-2/h3-4,7,14H,5-6H2,1-2H3,(H,15,18)(H,16,17). The number of likely N-dealkylation sites (N-methyl/N-ethyl adjacent to an activating group) is 1. The average molecular weight is 253 g/mol. The summed E-state index contributed by atoms with van der Waals surface area (Å²) in [5, 5.41) is 7.92. The van der Waals surface area contributed by atoms with E-state index in [0.29, 0.717) is 18.8 Å². The van der Waals surface area contributed by atoms with Gasteiger partial charge in [-0.25, -0.2) is 4.39 Å². The minimum Gasteiger partial charge on any atom is -0.351 e. The molecule has 0 saturated carbocycles. The monoisotopic (exact) mass is 253 g/mol. The minimum atomic E-state index is -0.619. The molecule has 0 bridgehead atoms. The molecule has 0 unspecified atom stereocenters. The quantitative estimate of drug-likeness (QED) is 0.678. The second-order valence-electron chi connectivity index (χ2n) is 3.74. The van der Waals surface area contributed by atoms with Crippen molar-refractivity contribution in [2.24, 2.45) is 0 Å². The summed E-state index contributed by atoms with van der Waals surface area (Å²) in [7, 11) is 1.75. The van der Waals surface area contributed by atoms with Crippen molar-refractivity contribution in [2.45, 2.75) is 6.92 Å². The number of carbonyl (C=O) groups is 2. The van der Waals surface area contributed by atoms with E-state index in [1.54, 1.807) is 7.05 Å². The summed E-state index contributed by atoms with van der Waals surface area (Å²) in [4.78, 5) is 22.6. The molecular weight excluding hydrogens is 237 g/mol. The summed E-state index contributed by atoms with van der Waals surface area (Å²) in [5.74, 6) is -1.40. The van der Waals surface area contributed by atoms with Gasteiger partial charge in [-0.15, -0.1) is 0 Å². The Morgan fingerprint density at radius 3 is 2.61 bits per heavy atom. The van der Waals surface area contributed by atoms with Crippen LogP contribution in [0.1, 0.15) is 17.3 Å². The lowest BCUT2D eigenvalue weighted by molar-refractivity contribution is -0.114. The minimum absolute atomic E-state index is 0.0858. The molecule has 0 radical (unpaired) electrons. The Labute approximate surface area is 105 Å². The van der Waals surface area contributed by atoms with Gasteiger partial charge in [-0.05, 0) is 25.2 Å². The molecule has 18 heavy (non-hydrogen) atoms. The molecule has 0 aliphatic rings. The van der Waals surface area contributed by atoms with Gasteiger partial charge in [0.1, 0.15) is 5.82 Å². The van der Waals surface area contributed by atoms with E-state index in [9.17, 15) is 14.0 Å². The first-order valence-corrected chi connectivity index (χ1v) is 5.54. The number of hydrogen-bond acceptors (Lipinski definition) is 3. The Bertz CT molecular complexity index is 449. The normalized spacial score (nSPS) is 9.94. The molecule has 98 valence electrons. The predicted molar refractivity (Wildman–Crippen MR) is 67.0 cm³/mol. The van der Waals surface area contributed by atoms with E-state index in [1.807, 2.05) is 0 Å². The number of hydrogen-bond donors (Lipinski definition) is 3. The summed E-state index contributed by atoms with van der Waals surface area (Å²) in [6.45, 7) is 2.34. The van der Waals surface area contributed by atoms with E-state index >= 15 is 0 Å². The van der Waals surface area contributed by atoms with Crippen LogP contribution in [0, 0.1) is 5.82 Å². The lowest BCUT2D eigenvalue weighted by atomic mass is 10.1. The number of benzene rings is 1. The van der Waals surface area contributed by atoms with Crippen molar-refractivity contribution < 1.29 is 14.0 Å². The van der Waals surface area contributed by atoms with Crippen molar-refractivity contribution in [3.05, 3.63) is 29.6 Å². The average Bonchev–Trinajstić information content (AvgIpc) is 2.31. The zero-order valence-corrected chi connectivity index (χ0v) is 10.3. The number of nitrogens with one attached hydrogen (secondary N) is 3. The van der Waals surface area contributed by atoms with Gasteiger partial charge in [0.25, 0.3) is 5.91 Å². The molecule has 3 N–H and O–H groups in total. The van der Waals surface area contributed by atoms with Gasteiger partial charge in [0.15, 0.2) is 0 Å². The summed E-state index contributed by atoms with van der Waals surface area (Å²) in [6, 6.07) is 3.87. The van der Waals surface area contributed by atoms with E-state index in [-0.39, 0.29) is 11.5 Å². The Balaban J connectivity index is 2.79. The van der Waals surface area contributed by atoms with Crippen molar-refractivity contribution >= 4 is 17.5 Å². The van der Waals surface area contributed by atoms with Crippen LogP contribution in [-0.2, 0) is 4.79 Å². The highest BCUT2D eigenvalue weighted by Gasteiger charge is 2.12. The fourth-order valence-electron chi connectivity index (χ4n) is 1.38. The first-order valence-electron chi connectivity index (χ1n) is 5.54. The number of anilines is 1. The molecule has 0 aromatic heterocycles. The Morgan fingerprint density at radius 2 is 2.00 bits per heavy atom. The SMILES string of the molecule is CNCCNC(=O)c1cc(NC(C)=O)ccc1F. The smallest absolute Gasteiger partial charge is 0.254 e. The molecule has 1 aromatic carbocycles. The second-order valence-corrected chi connectivity index (χ2v) is 3.74. The van der Waals surface area contributed by atoms with E-state index < -0.39 is 11.7 Å². The molecule has 1 aromatic rings. The number of amides is 2. The zero-order valence-electron chi connectivity index (χ0n) is 10.3. The van der Waals surface area contributed by atoms with Crippen LogP contribution in [0.2, 0.25) is 0 Å². The molecule has 0 fully saturated rings. The lowest BCUT2D eigenvalue weighted by Gasteiger charge is -2.08. The van der Waals surface area contributed by atoms with Gasteiger partial charge in [-0.3, -0.25) is 9.59 Å². The van der Waals surface area contributed by atoms with Crippen LogP contribution in [0.15, 0.2) is 18.2 Å². The molecule has 2 amide bonds. The molecule has 1 rings (SSSR count). The van der Waals surface area contributed by atoms with Crippen LogP contribution >= 0.6 is 0 Å². The Hall–Kier alpha value is -1.95. The van der Waals surface area contributed by atoms with Gasteiger partial charge in [0, 0.05) is 25.7 Å². The third kappa shape index (κ3) is 4.14. The fraction of sp³-hybridized carbons (Fsp3) is 0.333. The number of carbonyl (C=O) groups excluding carboxylic acids is 2. The van der Waals surface area contributed by atoms with E-state index in [2.05, 4.69) is 16.0 Å². The highest BCUT2D eigenvalue weighted by molar-refractivity contribution is 5.97. The highest BCUT2D eigenvalue weighted by atomic mass is 19.1. The van der Waals surface area contributed by atoms with E-state index in [4.69, 9.17) is 0 Å². The highest BCUT2D eigenvalue weighted by Crippen LogP contribution is 2.14. The zero-order chi connectivity index (χ0) is 13.5. The largest absolute Gasteiger partial charge is 0.351 e. The van der Waals surface area contributed by atoms with Gasteiger partial charge in [0.2, 0.25) is 5.91 Å². The third-order valence-electron chi connectivity index (χ3n) is 2.19. The first-order chi connectivity index (χ1) is 8.54. The van der Waals surface area contributed by atoms with Gasteiger partial charge >= 0.3 is 0 Å². The van der Waals surface area contributed by atoms with Crippen LogP contribution in [0.5, 0.6) is 0 Å². The topological polar surface area (TPSA) is 70.2 Å². The Morgan fingerprint density at radius 1 is 1.28 bits per heavy atom.